The van der Waals surface area contributed by atoms with Crippen LogP contribution in [0.25, 0.3) is 0 Å². The monoisotopic (exact) mass is 296 g/mol. The molecule has 1 aliphatic carbocycles. The van der Waals surface area contributed by atoms with Crippen molar-refractivity contribution in [2.45, 2.75) is 45.1 Å². The maximum Gasteiger partial charge on any atom is 0.303 e. The summed E-state index contributed by atoms with van der Waals surface area (Å²) in [5.41, 5.74) is 0.602. The van der Waals surface area contributed by atoms with Crippen LogP contribution in [0.15, 0.2) is 12.1 Å². The minimum Gasteiger partial charge on any atom is -0.493 e. The second kappa shape index (κ2) is 6.33. The fourth-order valence-electron chi connectivity index (χ4n) is 2.59. The zero-order valence-electron chi connectivity index (χ0n) is 12.6. The molecule has 4 nitrogen and oxygen atoms in total. The van der Waals surface area contributed by atoms with Crippen LogP contribution in [-0.2, 0) is 4.79 Å². The molecule has 21 heavy (non-hydrogen) atoms. The van der Waals surface area contributed by atoms with Crippen molar-refractivity contribution in [3.8, 4) is 11.5 Å². The van der Waals surface area contributed by atoms with Gasteiger partial charge in [0.1, 0.15) is 5.82 Å². The van der Waals surface area contributed by atoms with Gasteiger partial charge in [-0.15, -0.1) is 0 Å². The van der Waals surface area contributed by atoms with Crippen LogP contribution in [0.2, 0.25) is 0 Å². The second-order valence-electron chi connectivity index (χ2n) is 5.73. The molecule has 1 N–H and O–H groups in total. The molecule has 1 unspecified atom stereocenters. The largest absolute Gasteiger partial charge is 0.493 e. The van der Waals surface area contributed by atoms with E-state index in [-0.39, 0.29) is 24.4 Å². The fraction of sp³-hybridized carbons (Fsp3) is 0.562. The van der Waals surface area contributed by atoms with Crippen LogP contribution in [0.4, 0.5) is 4.39 Å². The first-order chi connectivity index (χ1) is 9.92. The maximum atomic E-state index is 13.8. The number of methoxy groups -OCH3 is 1. The zero-order valence-corrected chi connectivity index (χ0v) is 12.6. The third-order valence-electron chi connectivity index (χ3n) is 3.61. The van der Waals surface area contributed by atoms with Crippen LogP contribution in [0, 0.1) is 11.7 Å². The number of carbonyl (C=O) groups is 1. The van der Waals surface area contributed by atoms with E-state index < -0.39 is 11.8 Å². The van der Waals surface area contributed by atoms with E-state index in [2.05, 4.69) is 0 Å². The van der Waals surface area contributed by atoms with Gasteiger partial charge in [0.2, 0.25) is 0 Å². The van der Waals surface area contributed by atoms with Gasteiger partial charge in [0, 0.05) is 17.5 Å². The summed E-state index contributed by atoms with van der Waals surface area (Å²) in [6, 6.07) is 2.65. The second-order valence-corrected chi connectivity index (χ2v) is 5.73. The molecule has 0 aliphatic heterocycles. The number of hydrogen-bond donors (Lipinski definition) is 1. The molecule has 5 heteroatoms. The highest BCUT2D eigenvalue weighted by Crippen LogP contribution is 2.49. The molecule has 0 saturated heterocycles. The van der Waals surface area contributed by atoms with E-state index in [1.807, 2.05) is 13.8 Å². The topological polar surface area (TPSA) is 55.8 Å². The molecule has 1 aromatic carbocycles. The van der Waals surface area contributed by atoms with Crippen LogP contribution >= 0.6 is 0 Å². The average Bonchev–Trinajstić information content (AvgIpc) is 3.21. The van der Waals surface area contributed by atoms with Gasteiger partial charge in [0.25, 0.3) is 0 Å². The van der Waals surface area contributed by atoms with Gasteiger partial charge in [-0.1, -0.05) is 0 Å². The summed E-state index contributed by atoms with van der Waals surface area (Å²) in [5, 5.41) is 9.12. The molecule has 1 aromatic rings. The van der Waals surface area contributed by atoms with Crippen LogP contribution in [0.5, 0.6) is 11.5 Å². The molecule has 0 heterocycles. The predicted octanol–water partition coefficient (Wildman–Crippen LogP) is 3.59. The molecule has 0 bridgehead atoms. The van der Waals surface area contributed by atoms with E-state index in [0.29, 0.717) is 17.1 Å². The van der Waals surface area contributed by atoms with E-state index in [9.17, 15) is 9.18 Å². The predicted molar refractivity (Wildman–Crippen MR) is 76.4 cm³/mol. The average molecular weight is 296 g/mol. The lowest BCUT2D eigenvalue weighted by Gasteiger charge is -2.22. The Bertz CT molecular complexity index is 523. The van der Waals surface area contributed by atoms with E-state index in [4.69, 9.17) is 14.6 Å². The smallest absolute Gasteiger partial charge is 0.303 e. The highest BCUT2D eigenvalue weighted by molar-refractivity contribution is 5.69. The van der Waals surface area contributed by atoms with Gasteiger partial charge in [-0.05, 0) is 38.7 Å². The number of aliphatic carboxylic acids is 1. The Balaban J connectivity index is 2.47. The van der Waals surface area contributed by atoms with Crippen LogP contribution in [0.1, 0.15) is 44.6 Å². The van der Waals surface area contributed by atoms with Gasteiger partial charge >= 0.3 is 5.97 Å². The SMILES string of the molecule is COc1cc(F)cc(C(CC(=O)O)C2CC2)c1OC(C)C. The summed E-state index contributed by atoms with van der Waals surface area (Å²) in [6.45, 7) is 3.74. The first kappa shape index (κ1) is 15.6. The summed E-state index contributed by atoms with van der Waals surface area (Å²) >= 11 is 0. The number of halogens is 1. The minimum absolute atomic E-state index is 0.0221. The first-order valence-corrected chi connectivity index (χ1v) is 7.18. The Kier molecular flexibility index (Phi) is 4.70. The van der Waals surface area contributed by atoms with Gasteiger partial charge in [0.15, 0.2) is 11.5 Å². The van der Waals surface area contributed by atoms with Gasteiger partial charge in [-0.3, -0.25) is 4.79 Å². The van der Waals surface area contributed by atoms with Crippen molar-refractivity contribution in [2.75, 3.05) is 7.11 Å². The standard InChI is InChI=1S/C16H21FO4/c1-9(2)21-16-13(6-11(17)7-14(16)20-3)12(8-15(18)19)10-4-5-10/h6-7,9-10,12H,4-5,8H2,1-3H3,(H,18,19). The van der Waals surface area contributed by atoms with Crippen molar-refractivity contribution < 1.29 is 23.8 Å². The Hall–Kier alpha value is -1.78. The summed E-state index contributed by atoms with van der Waals surface area (Å²) in [6.07, 6.45) is 1.81. The van der Waals surface area contributed by atoms with E-state index in [1.54, 1.807) is 0 Å². The van der Waals surface area contributed by atoms with E-state index >= 15 is 0 Å². The summed E-state index contributed by atoms with van der Waals surface area (Å²) in [4.78, 5) is 11.1. The molecular formula is C16H21FO4. The van der Waals surface area contributed by atoms with Crippen molar-refractivity contribution >= 4 is 5.97 Å². The van der Waals surface area contributed by atoms with Crippen molar-refractivity contribution in [2.24, 2.45) is 5.92 Å². The third kappa shape index (κ3) is 3.86. The number of ether oxygens (including phenoxy) is 2. The van der Waals surface area contributed by atoms with Crippen LogP contribution in [-0.4, -0.2) is 24.3 Å². The molecule has 1 saturated carbocycles. The lowest BCUT2D eigenvalue weighted by atomic mass is 9.90. The van der Waals surface area contributed by atoms with Crippen LogP contribution < -0.4 is 9.47 Å². The van der Waals surface area contributed by atoms with Gasteiger partial charge in [-0.2, -0.15) is 0 Å². The van der Waals surface area contributed by atoms with E-state index in [1.165, 1.54) is 19.2 Å². The Morgan fingerprint density at radius 3 is 2.57 bits per heavy atom. The molecular weight excluding hydrogens is 275 g/mol. The molecule has 0 radical (unpaired) electrons. The Morgan fingerprint density at radius 1 is 1.43 bits per heavy atom. The molecule has 0 spiro atoms. The number of carboxylic acids is 1. The van der Waals surface area contributed by atoms with E-state index in [0.717, 1.165) is 12.8 Å². The number of rotatable bonds is 7. The quantitative estimate of drug-likeness (QED) is 0.835. The lowest BCUT2D eigenvalue weighted by molar-refractivity contribution is -0.137. The molecule has 1 fully saturated rings. The maximum absolute atomic E-state index is 13.8. The summed E-state index contributed by atoms with van der Waals surface area (Å²) < 4.78 is 24.8. The van der Waals surface area contributed by atoms with Gasteiger partial charge in [0.05, 0.1) is 19.6 Å². The van der Waals surface area contributed by atoms with Gasteiger partial charge < -0.3 is 14.6 Å². The first-order valence-electron chi connectivity index (χ1n) is 7.18. The van der Waals surface area contributed by atoms with Crippen molar-refractivity contribution in [1.29, 1.82) is 0 Å². The lowest BCUT2D eigenvalue weighted by Crippen LogP contribution is -2.14. The molecule has 116 valence electrons. The fourth-order valence-corrected chi connectivity index (χ4v) is 2.59. The van der Waals surface area contributed by atoms with Gasteiger partial charge in [-0.25, -0.2) is 4.39 Å². The van der Waals surface area contributed by atoms with Crippen molar-refractivity contribution in [1.82, 2.24) is 0 Å². The Morgan fingerprint density at radius 2 is 2.10 bits per heavy atom. The van der Waals surface area contributed by atoms with Crippen molar-refractivity contribution in [3.63, 3.8) is 0 Å². The highest BCUT2D eigenvalue weighted by Gasteiger charge is 2.36. The minimum atomic E-state index is -0.884. The Labute approximate surface area is 123 Å². The van der Waals surface area contributed by atoms with Crippen LogP contribution in [0.3, 0.4) is 0 Å². The van der Waals surface area contributed by atoms with Crippen molar-refractivity contribution in [3.05, 3.63) is 23.5 Å². The molecule has 2 rings (SSSR count). The number of hydrogen-bond acceptors (Lipinski definition) is 3. The zero-order chi connectivity index (χ0) is 15.6. The molecule has 1 aliphatic rings. The number of carboxylic acid groups (broad SMARTS) is 1. The summed E-state index contributed by atoms with van der Waals surface area (Å²) in [7, 11) is 1.45. The third-order valence-corrected chi connectivity index (χ3v) is 3.61. The summed E-state index contributed by atoms with van der Waals surface area (Å²) in [5.74, 6) is -0.496. The molecule has 0 amide bonds. The normalized spacial score (nSPS) is 15.9. The molecule has 1 atom stereocenters. The highest BCUT2D eigenvalue weighted by atomic mass is 19.1. The molecule has 0 aromatic heterocycles. The number of benzene rings is 1.